The summed E-state index contributed by atoms with van der Waals surface area (Å²) in [4.78, 5) is 33.4. The molecule has 1 saturated heterocycles. The predicted molar refractivity (Wildman–Crippen MR) is 119 cm³/mol. The van der Waals surface area contributed by atoms with Crippen LogP contribution in [0.2, 0.25) is 0 Å². The van der Waals surface area contributed by atoms with Crippen LogP contribution in [0.25, 0.3) is 10.2 Å². The third-order valence-electron chi connectivity index (χ3n) is 5.01. The van der Waals surface area contributed by atoms with Gasteiger partial charge in [-0.3, -0.25) is 9.59 Å². The Kier molecular flexibility index (Phi) is 6.16. The molecule has 2 heterocycles. The number of hydrogen-bond donors (Lipinski definition) is 0. The zero-order valence-electron chi connectivity index (χ0n) is 16.3. The van der Waals surface area contributed by atoms with Crippen LogP contribution in [0.4, 0.5) is 0 Å². The topological polar surface area (TPSA) is 53.5 Å². The van der Waals surface area contributed by atoms with Gasteiger partial charge in [0.2, 0.25) is 5.91 Å². The molecule has 0 unspecified atom stereocenters. The van der Waals surface area contributed by atoms with Crippen LogP contribution in [-0.4, -0.2) is 58.5 Å². The number of hydrogen-bond acceptors (Lipinski definition) is 5. The minimum Gasteiger partial charge on any atom is -0.338 e. The minimum atomic E-state index is 0.0438. The Hall–Kier alpha value is -2.38. The maximum atomic E-state index is 12.6. The Labute approximate surface area is 178 Å². The number of nitrogens with zero attached hydrogens (tertiary/aromatic N) is 3. The van der Waals surface area contributed by atoms with Crippen LogP contribution in [0.1, 0.15) is 20.9 Å². The van der Waals surface area contributed by atoms with Gasteiger partial charge in [-0.15, -0.1) is 23.1 Å². The molecule has 0 atom stereocenters. The van der Waals surface area contributed by atoms with E-state index in [9.17, 15) is 9.59 Å². The quantitative estimate of drug-likeness (QED) is 0.624. The minimum absolute atomic E-state index is 0.0438. The maximum absolute atomic E-state index is 12.6. The van der Waals surface area contributed by atoms with Gasteiger partial charge in [-0.25, -0.2) is 4.98 Å². The maximum Gasteiger partial charge on any atom is 0.253 e. The van der Waals surface area contributed by atoms with Crippen LogP contribution in [0.3, 0.4) is 0 Å². The number of benzene rings is 2. The molecule has 2 amide bonds. The van der Waals surface area contributed by atoms with Gasteiger partial charge in [0, 0.05) is 37.5 Å². The highest BCUT2D eigenvalue weighted by Gasteiger charge is 2.24. The number of amides is 2. The fraction of sp³-hybridized carbons (Fsp3) is 0.318. The van der Waals surface area contributed by atoms with Crippen molar-refractivity contribution in [1.29, 1.82) is 0 Å². The summed E-state index contributed by atoms with van der Waals surface area (Å²) in [6.45, 7) is 4.37. The van der Waals surface area contributed by atoms with E-state index >= 15 is 0 Å². The Morgan fingerprint density at radius 3 is 2.41 bits per heavy atom. The first-order valence-corrected chi connectivity index (χ1v) is 11.6. The van der Waals surface area contributed by atoms with Gasteiger partial charge in [-0.05, 0) is 31.2 Å². The van der Waals surface area contributed by atoms with Crippen LogP contribution < -0.4 is 0 Å². The second-order valence-electron chi connectivity index (χ2n) is 7.11. The van der Waals surface area contributed by atoms with Gasteiger partial charge in [0.15, 0.2) is 0 Å². The highest BCUT2D eigenvalue weighted by molar-refractivity contribution is 7.99. The number of aryl methyl sites for hydroxylation is 1. The Bertz CT molecular complexity index is 975. The van der Waals surface area contributed by atoms with E-state index in [0.717, 1.165) is 21.8 Å². The molecule has 5 nitrogen and oxygen atoms in total. The lowest BCUT2D eigenvalue weighted by atomic mass is 10.1. The summed E-state index contributed by atoms with van der Waals surface area (Å²) in [6.07, 6.45) is 0. The molecule has 1 fully saturated rings. The van der Waals surface area contributed by atoms with Gasteiger partial charge < -0.3 is 9.80 Å². The van der Waals surface area contributed by atoms with E-state index in [1.54, 1.807) is 23.1 Å². The van der Waals surface area contributed by atoms with Crippen LogP contribution in [0, 0.1) is 6.92 Å². The van der Waals surface area contributed by atoms with Gasteiger partial charge in [-0.1, -0.05) is 29.8 Å². The molecule has 2 aromatic carbocycles. The second kappa shape index (κ2) is 8.97. The van der Waals surface area contributed by atoms with E-state index in [2.05, 4.69) is 11.1 Å². The number of aromatic nitrogens is 1. The van der Waals surface area contributed by atoms with Gasteiger partial charge in [0.25, 0.3) is 5.91 Å². The van der Waals surface area contributed by atoms with E-state index in [0.29, 0.717) is 37.5 Å². The molecule has 0 spiro atoms. The van der Waals surface area contributed by atoms with Gasteiger partial charge in [0.05, 0.1) is 16.0 Å². The zero-order chi connectivity index (χ0) is 20.2. The normalized spacial score (nSPS) is 14.4. The molecule has 0 radical (unpaired) electrons. The predicted octanol–water partition coefficient (Wildman–Crippen LogP) is 3.82. The van der Waals surface area contributed by atoms with Crippen molar-refractivity contribution in [2.45, 2.75) is 12.7 Å². The number of rotatable bonds is 5. The third kappa shape index (κ3) is 4.79. The number of piperazine rings is 1. The molecule has 1 aliphatic heterocycles. The van der Waals surface area contributed by atoms with Crippen molar-refractivity contribution >= 4 is 45.1 Å². The number of para-hydroxylation sites is 1. The van der Waals surface area contributed by atoms with Crippen LogP contribution >= 0.6 is 23.1 Å². The molecule has 0 N–H and O–H groups in total. The highest BCUT2D eigenvalue weighted by atomic mass is 32.2. The van der Waals surface area contributed by atoms with Gasteiger partial charge in [0.1, 0.15) is 5.01 Å². The number of carbonyl (C=O) groups is 2. The van der Waals surface area contributed by atoms with Crippen molar-refractivity contribution in [2.24, 2.45) is 0 Å². The molecule has 7 heteroatoms. The third-order valence-corrected chi connectivity index (χ3v) is 7.16. The van der Waals surface area contributed by atoms with Gasteiger partial charge in [-0.2, -0.15) is 0 Å². The fourth-order valence-corrected chi connectivity index (χ4v) is 5.28. The summed E-state index contributed by atoms with van der Waals surface area (Å²) in [7, 11) is 0. The van der Waals surface area contributed by atoms with Crippen molar-refractivity contribution in [3.8, 4) is 0 Å². The molecule has 0 saturated carbocycles. The lowest BCUT2D eigenvalue weighted by molar-refractivity contribution is -0.129. The van der Waals surface area contributed by atoms with Crippen molar-refractivity contribution in [3.05, 3.63) is 64.7 Å². The first kappa shape index (κ1) is 19.9. The van der Waals surface area contributed by atoms with Crippen molar-refractivity contribution in [2.75, 3.05) is 31.9 Å². The van der Waals surface area contributed by atoms with Crippen molar-refractivity contribution in [3.63, 3.8) is 0 Å². The molecule has 150 valence electrons. The number of carbonyl (C=O) groups excluding carboxylic acids is 2. The summed E-state index contributed by atoms with van der Waals surface area (Å²) in [6, 6.07) is 15.7. The number of thioether (sulfide) groups is 1. The van der Waals surface area contributed by atoms with Crippen LogP contribution in [0.15, 0.2) is 48.5 Å². The standard InChI is InChI=1S/C22H23N3O2S2/c1-16-6-8-17(9-7-16)22(27)25-12-10-24(11-13-25)21(26)15-28-14-20-23-18-4-2-3-5-19(18)29-20/h2-9H,10-15H2,1H3. The summed E-state index contributed by atoms with van der Waals surface area (Å²) < 4.78 is 1.18. The first-order chi connectivity index (χ1) is 14.1. The second-order valence-corrected chi connectivity index (χ2v) is 9.21. The SMILES string of the molecule is Cc1ccc(C(=O)N2CCN(C(=O)CSCc3nc4ccccc4s3)CC2)cc1. The lowest BCUT2D eigenvalue weighted by Gasteiger charge is -2.34. The zero-order valence-corrected chi connectivity index (χ0v) is 18.0. The largest absolute Gasteiger partial charge is 0.338 e. The first-order valence-electron chi connectivity index (χ1n) is 9.66. The smallest absolute Gasteiger partial charge is 0.253 e. The molecule has 4 rings (SSSR count). The van der Waals surface area contributed by atoms with Crippen molar-refractivity contribution < 1.29 is 9.59 Å². The molecule has 1 aromatic heterocycles. The van der Waals surface area contributed by atoms with Gasteiger partial charge >= 0.3 is 0 Å². The highest BCUT2D eigenvalue weighted by Crippen LogP contribution is 2.25. The molecular weight excluding hydrogens is 402 g/mol. The van der Waals surface area contributed by atoms with Crippen LogP contribution in [-0.2, 0) is 10.5 Å². The van der Waals surface area contributed by atoms with E-state index < -0.39 is 0 Å². The molecule has 0 bridgehead atoms. The van der Waals surface area contributed by atoms with E-state index in [4.69, 9.17) is 0 Å². The summed E-state index contributed by atoms with van der Waals surface area (Å²) in [5.74, 6) is 1.37. The van der Waals surface area contributed by atoms with Crippen molar-refractivity contribution in [1.82, 2.24) is 14.8 Å². The molecule has 0 aliphatic carbocycles. The Morgan fingerprint density at radius 1 is 1.00 bits per heavy atom. The van der Waals surface area contributed by atoms with E-state index in [-0.39, 0.29) is 11.8 Å². The average Bonchev–Trinajstić information content (AvgIpc) is 3.16. The fourth-order valence-electron chi connectivity index (χ4n) is 3.34. The average molecular weight is 426 g/mol. The molecule has 3 aromatic rings. The number of thiazole rings is 1. The monoisotopic (exact) mass is 425 g/mol. The van der Waals surface area contributed by atoms with E-state index in [1.807, 2.05) is 59.2 Å². The lowest BCUT2D eigenvalue weighted by Crippen LogP contribution is -2.51. The number of fused-ring (bicyclic) bond motifs is 1. The van der Waals surface area contributed by atoms with E-state index in [1.165, 1.54) is 4.70 Å². The summed E-state index contributed by atoms with van der Waals surface area (Å²) >= 11 is 3.29. The molecule has 1 aliphatic rings. The summed E-state index contributed by atoms with van der Waals surface area (Å²) in [5.41, 5.74) is 2.87. The molecule has 29 heavy (non-hydrogen) atoms. The Morgan fingerprint density at radius 2 is 1.69 bits per heavy atom. The Balaban J connectivity index is 1.23. The summed E-state index contributed by atoms with van der Waals surface area (Å²) in [5, 5.41) is 1.05. The van der Waals surface area contributed by atoms with Crippen LogP contribution in [0.5, 0.6) is 0 Å². The molecular formula is C22H23N3O2S2.